The molecule has 1 N–H and O–H groups in total. The highest BCUT2D eigenvalue weighted by molar-refractivity contribution is 5.82. The number of nitrogens with zero attached hydrogens (tertiary/aromatic N) is 2. The van der Waals surface area contributed by atoms with Crippen LogP contribution in [-0.4, -0.2) is 16.1 Å². The van der Waals surface area contributed by atoms with E-state index < -0.39 is 0 Å². The van der Waals surface area contributed by atoms with Crippen molar-refractivity contribution in [1.82, 2.24) is 14.9 Å². The number of rotatable bonds is 2. The Bertz CT molecular complexity index is 744. The fraction of sp³-hybridized carbons (Fsp3) is 0.235. The summed E-state index contributed by atoms with van der Waals surface area (Å²) in [4.78, 5) is 4.62. The standard InChI is InChI=1S/C17H17N3/c1-2-5-13(6-3-1)12-20-16-11-18-10-8-14(16)15-7-4-9-19-17(15)20/h1-7,9,18H,8,10-12H2. The Balaban J connectivity index is 1.89. The Labute approximate surface area is 118 Å². The van der Waals surface area contributed by atoms with Gasteiger partial charge in [-0.25, -0.2) is 4.98 Å². The van der Waals surface area contributed by atoms with Crippen molar-refractivity contribution in [2.24, 2.45) is 0 Å². The highest BCUT2D eigenvalue weighted by atomic mass is 15.1. The molecule has 0 bridgehead atoms. The third-order valence-electron chi connectivity index (χ3n) is 4.07. The number of nitrogens with one attached hydrogen (secondary N) is 1. The average molecular weight is 263 g/mol. The third-order valence-corrected chi connectivity index (χ3v) is 4.07. The van der Waals surface area contributed by atoms with Gasteiger partial charge in [-0.1, -0.05) is 30.3 Å². The number of hydrogen-bond donors (Lipinski definition) is 1. The zero-order chi connectivity index (χ0) is 13.4. The Morgan fingerprint density at radius 1 is 1.10 bits per heavy atom. The summed E-state index contributed by atoms with van der Waals surface area (Å²) in [6.07, 6.45) is 2.99. The Hall–Kier alpha value is -2.13. The van der Waals surface area contributed by atoms with Gasteiger partial charge in [0.2, 0.25) is 0 Å². The van der Waals surface area contributed by atoms with E-state index in [1.807, 2.05) is 12.3 Å². The van der Waals surface area contributed by atoms with E-state index in [4.69, 9.17) is 0 Å². The lowest BCUT2D eigenvalue weighted by atomic mass is 10.1. The maximum absolute atomic E-state index is 4.62. The summed E-state index contributed by atoms with van der Waals surface area (Å²) >= 11 is 0. The van der Waals surface area contributed by atoms with Gasteiger partial charge in [0, 0.05) is 30.4 Å². The molecule has 0 fully saturated rings. The lowest BCUT2D eigenvalue weighted by Crippen LogP contribution is -2.25. The summed E-state index contributed by atoms with van der Waals surface area (Å²) in [6, 6.07) is 14.9. The van der Waals surface area contributed by atoms with E-state index in [1.54, 1.807) is 0 Å². The van der Waals surface area contributed by atoms with E-state index in [0.29, 0.717) is 0 Å². The average Bonchev–Trinajstić information content (AvgIpc) is 2.84. The maximum Gasteiger partial charge on any atom is 0.140 e. The first-order chi connectivity index (χ1) is 9.93. The van der Waals surface area contributed by atoms with E-state index in [9.17, 15) is 0 Å². The lowest BCUT2D eigenvalue weighted by Gasteiger charge is -2.17. The molecule has 1 aliphatic heterocycles. The van der Waals surface area contributed by atoms with Crippen molar-refractivity contribution in [3.63, 3.8) is 0 Å². The first-order valence-electron chi connectivity index (χ1n) is 7.13. The highest BCUT2D eigenvalue weighted by Gasteiger charge is 2.20. The molecule has 0 spiro atoms. The van der Waals surface area contributed by atoms with Crippen LogP contribution >= 0.6 is 0 Å². The zero-order valence-corrected chi connectivity index (χ0v) is 11.3. The minimum Gasteiger partial charge on any atom is -0.324 e. The minimum atomic E-state index is 0.894. The van der Waals surface area contributed by atoms with Crippen molar-refractivity contribution in [3.8, 4) is 0 Å². The van der Waals surface area contributed by atoms with E-state index in [-0.39, 0.29) is 0 Å². The van der Waals surface area contributed by atoms with Gasteiger partial charge in [0.15, 0.2) is 0 Å². The Morgan fingerprint density at radius 2 is 2.00 bits per heavy atom. The second-order valence-electron chi connectivity index (χ2n) is 5.30. The smallest absolute Gasteiger partial charge is 0.140 e. The second kappa shape index (κ2) is 4.76. The molecule has 0 radical (unpaired) electrons. The molecule has 0 saturated carbocycles. The fourth-order valence-corrected chi connectivity index (χ4v) is 3.13. The van der Waals surface area contributed by atoms with Gasteiger partial charge in [-0.2, -0.15) is 0 Å². The van der Waals surface area contributed by atoms with Crippen molar-refractivity contribution in [2.75, 3.05) is 6.54 Å². The van der Waals surface area contributed by atoms with Gasteiger partial charge < -0.3 is 9.88 Å². The molecule has 2 aromatic heterocycles. The molecule has 0 unspecified atom stereocenters. The second-order valence-corrected chi connectivity index (χ2v) is 5.30. The predicted molar refractivity (Wildman–Crippen MR) is 80.7 cm³/mol. The van der Waals surface area contributed by atoms with Crippen molar-refractivity contribution >= 4 is 11.0 Å². The summed E-state index contributed by atoms with van der Waals surface area (Å²) in [5.41, 5.74) is 5.31. The van der Waals surface area contributed by atoms with E-state index in [1.165, 1.54) is 22.2 Å². The van der Waals surface area contributed by atoms with Crippen LogP contribution in [0.4, 0.5) is 0 Å². The number of fused-ring (bicyclic) bond motifs is 3. The monoisotopic (exact) mass is 263 g/mol. The highest BCUT2D eigenvalue weighted by Crippen LogP contribution is 2.27. The van der Waals surface area contributed by atoms with Crippen LogP contribution in [-0.2, 0) is 19.5 Å². The zero-order valence-electron chi connectivity index (χ0n) is 11.3. The quantitative estimate of drug-likeness (QED) is 0.770. The molecular weight excluding hydrogens is 246 g/mol. The van der Waals surface area contributed by atoms with Crippen LogP contribution in [0.25, 0.3) is 11.0 Å². The van der Waals surface area contributed by atoms with Crippen molar-refractivity contribution in [1.29, 1.82) is 0 Å². The molecule has 4 rings (SSSR count). The molecule has 0 saturated heterocycles. The van der Waals surface area contributed by atoms with Gasteiger partial charge in [-0.3, -0.25) is 0 Å². The summed E-state index contributed by atoms with van der Waals surface area (Å²) < 4.78 is 2.37. The van der Waals surface area contributed by atoms with E-state index in [0.717, 1.165) is 31.7 Å². The van der Waals surface area contributed by atoms with Gasteiger partial charge in [-0.15, -0.1) is 0 Å². The van der Waals surface area contributed by atoms with Crippen LogP contribution in [0.5, 0.6) is 0 Å². The van der Waals surface area contributed by atoms with E-state index in [2.05, 4.69) is 51.3 Å². The SMILES string of the molecule is c1ccc(Cn2c3c(c4cccnc42)CCNC3)cc1. The Kier molecular flexibility index (Phi) is 2.78. The lowest BCUT2D eigenvalue weighted by molar-refractivity contribution is 0.601. The van der Waals surface area contributed by atoms with Crippen LogP contribution in [0.3, 0.4) is 0 Å². The third kappa shape index (κ3) is 1.82. The molecule has 1 aliphatic rings. The Morgan fingerprint density at radius 3 is 2.90 bits per heavy atom. The predicted octanol–water partition coefficient (Wildman–Crippen LogP) is 2.73. The number of hydrogen-bond acceptors (Lipinski definition) is 2. The van der Waals surface area contributed by atoms with Crippen LogP contribution in [0, 0.1) is 0 Å². The van der Waals surface area contributed by atoms with Crippen molar-refractivity contribution in [2.45, 2.75) is 19.5 Å². The summed E-state index contributed by atoms with van der Waals surface area (Å²) in [5.74, 6) is 0. The normalized spacial score (nSPS) is 14.4. The van der Waals surface area contributed by atoms with Gasteiger partial charge in [0.25, 0.3) is 0 Å². The molecule has 100 valence electrons. The van der Waals surface area contributed by atoms with Crippen LogP contribution in [0.15, 0.2) is 48.7 Å². The molecule has 1 aromatic carbocycles. The van der Waals surface area contributed by atoms with Gasteiger partial charge >= 0.3 is 0 Å². The molecular formula is C17H17N3. The van der Waals surface area contributed by atoms with Gasteiger partial charge in [0.1, 0.15) is 5.65 Å². The van der Waals surface area contributed by atoms with Crippen molar-refractivity contribution < 1.29 is 0 Å². The van der Waals surface area contributed by atoms with Crippen LogP contribution < -0.4 is 5.32 Å². The number of benzene rings is 1. The molecule has 3 heterocycles. The van der Waals surface area contributed by atoms with Gasteiger partial charge in [0.05, 0.1) is 0 Å². The fourth-order valence-electron chi connectivity index (χ4n) is 3.13. The summed E-state index contributed by atoms with van der Waals surface area (Å²) in [7, 11) is 0. The van der Waals surface area contributed by atoms with Crippen LogP contribution in [0.2, 0.25) is 0 Å². The molecule has 0 amide bonds. The molecule has 0 atom stereocenters. The largest absolute Gasteiger partial charge is 0.324 e. The maximum atomic E-state index is 4.62. The number of pyridine rings is 1. The molecule has 3 heteroatoms. The van der Waals surface area contributed by atoms with Crippen LogP contribution in [0.1, 0.15) is 16.8 Å². The molecule has 3 aromatic rings. The van der Waals surface area contributed by atoms with Gasteiger partial charge in [-0.05, 0) is 36.2 Å². The molecule has 20 heavy (non-hydrogen) atoms. The molecule has 0 aliphatic carbocycles. The van der Waals surface area contributed by atoms with E-state index >= 15 is 0 Å². The molecule has 3 nitrogen and oxygen atoms in total. The summed E-state index contributed by atoms with van der Waals surface area (Å²) in [6.45, 7) is 2.90. The number of aromatic nitrogens is 2. The topological polar surface area (TPSA) is 29.9 Å². The first-order valence-corrected chi connectivity index (χ1v) is 7.13. The summed E-state index contributed by atoms with van der Waals surface area (Å²) in [5, 5.41) is 4.80. The first kappa shape index (κ1) is 11.7. The van der Waals surface area contributed by atoms with Crippen molar-refractivity contribution in [3.05, 3.63) is 65.5 Å². The minimum absolute atomic E-state index is 0.894.